The van der Waals surface area contributed by atoms with E-state index >= 15 is 0 Å². The first-order valence-corrected chi connectivity index (χ1v) is 11.5. The van der Waals surface area contributed by atoms with E-state index < -0.39 is 29.0 Å². The van der Waals surface area contributed by atoms with Crippen LogP contribution in [0.3, 0.4) is 0 Å². The van der Waals surface area contributed by atoms with E-state index in [0.717, 1.165) is 6.42 Å². The number of carbonyl (C=O) groups excluding carboxylic acids is 2. The molecule has 1 amide bonds. The Morgan fingerprint density at radius 1 is 1.12 bits per heavy atom. The molecule has 1 atom stereocenters. The number of nitrogens with zero attached hydrogens (tertiary/aromatic N) is 1. The number of nitrogens with two attached hydrogens (primary N) is 1. The molecule has 0 bridgehead atoms. The Labute approximate surface area is 192 Å². The van der Waals surface area contributed by atoms with Gasteiger partial charge < -0.3 is 30.0 Å². The molecule has 1 fully saturated rings. The molecular weight excluding hydrogens is 414 g/mol. The van der Waals surface area contributed by atoms with Gasteiger partial charge in [0.1, 0.15) is 11.1 Å². The van der Waals surface area contributed by atoms with Gasteiger partial charge in [-0.25, -0.2) is 9.59 Å². The van der Waals surface area contributed by atoms with Crippen LogP contribution in [0.1, 0.15) is 79.6 Å². The van der Waals surface area contributed by atoms with Gasteiger partial charge in [-0.15, -0.1) is 0 Å². The highest BCUT2D eigenvalue weighted by molar-refractivity contribution is 5.86. The number of unbranched alkanes of at least 4 members (excludes halogenated alkanes) is 1. The molecule has 9 nitrogen and oxygen atoms in total. The lowest BCUT2D eigenvalue weighted by Gasteiger charge is -2.45. The molecule has 1 saturated carbocycles. The number of carbonyl (C=O) groups is 2. The van der Waals surface area contributed by atoms with Crippen molar-refractivity contribution in [1.82, 2.24) is 5.32 Å². The maximum absolute atomic E-state index is 13.3. The number of amides is 1. The predicted molar refractivity (Wildman–Crippen MR) is 123 cm³/mol. The van der Waals surface area contributed by atoms with Gasteiger partial charge in [0, 0.05) is 33.6 Å². The molecule has 1 unspecified atom stereocenters. The van der Waals surface area contributed by atoms with Crippen molar-refractivity contribution in [3.8, 4) is 0 Å². The highest BCUT2D eigenvalue weighted by Crippen LogP contribution is 2.42. The van der Waals surface area contributed by atoms with E-state index in [1.807, 2.05) is 0 Å². The monoisotopic (exact) mass is 457 g/mol. The third-order valence-electron chi connectivity index (χ3n) is 5.89. The summed E-state index contributed by atoms with van der Waals surface area (Å²) in [5.74, 6) is -0.726. The number of ether oxygens (including phenoxy) is 4. The van der Waals surface area contributed by atoms with E-state index in [2.05, 4.69) is 10.3 Å². The van der Waals surface area contributed by atoms with Crippen molar-refractivity contribution < 1.29 is 28.5 Å². The Bertz CT molecular complexity index is 628. The molecular formula is C23H43N3O6. The molecule has 0 spiro atoms. The molecule has 1 rings (SSSR count). The summed E-state index contributed by atoms with van der Waals surface area (Å²) >= 11 is 0. The summed E-state index contributed by atoms with van der Waals surface area (Å²) in [5, 5.41) is 2.93. The Balaban J connectivity index is 3.18. The van der Waals surface area contributed by atoms with E-state index in [1.54, 1.807) is 48.8 Å². The van der Waals surface area contributed by atoms with Gasteiger partial charge in [0.05, 0.1) is 12.4 Å². The fourth-order valence-corrected chi connectivity index (χ4v) is 4.25. The lowest BCUT2D eigenvalue weighted by molar-refractivity contribution is -0.230. The van der Waals surface area contributed by atoms with Crippen LogP contribution >= 0.6 is 0 Å². The van der Waals surface area contributed by atoms with Crippen LogP contribution in [0.5, 0.6) is 0 Å². The van der Waals surface area contributed by atoms with Crippen molar-refractivity contribution >= 4 is 17.9 Å². The number of alkyl carbamates (subject to hydrolysis) is 1. The largest absolute Gasteiger partial charge is 0.464 e. The lowest BCUT2D eigenvalue weighted by Crippen LogP contribution is -2.62. The summed E-state index contributed by atoms with van der Waals surface area (Å²) < 4.78 is 22.2. The van der Waals surface area contributed by atoms with Crippen LogP contribution < -0.4 is 11.1 Å². The highest BCUT2D eigenvalue weighted by Gasteiger charge is 2.51. The second-order valence-electron chi connectivity index (χ2n) is 9.39. The molecule has 0 aliphatic heterocycles. The first-order valence-electron chi connectivity index (χ1n) is 11.5. The fraction of sp³-hybridized carbons (Fsp3) is 0.870. The smallest absolute Gasteiger partial charge is 0.408 e. The maximum Gasteiger partial charge on any atom is 0.408 e. The molecule has 0 aromatic heterocycles. The minimum absolute atomic E-state index is 0.146. The molecule has 0 heterocycles. The minimum atomic E-state index is -1.20. The number of nitrogens with one attached hydrogen (secondary N) is 1. The van der Waals surface area contributed by atoms with Crippen LogP contribution in [0.2, 0.25) is 0 Å². The standard InChI is InChI=1S/C23H43N3O6/c1-8-31-19(27)23(13-9-10-16-25-17(2)24,26-20(28)32-21(3,4)5)18-11-14-22(29-6,30-7)15-12-18/h18H,8-16H2,1-7H3,(H2,24,25)(H,26,28). The molecule has 186 valence electrons. The summed E-state index contributed by atoms with van der Waals surface area (Å²) in [6.45, 7) is 9.66. The number of aliphatic imine (C=N–C) groups is 1. The summed E-state index contributed by atoms with van der Waals surface area (Å²) in [6, 6.07) is 0. The van der Waals surface area contributed by atoms with Crippen LogP contribution in [-0.2, 0) is 23.7 Å². The van der Waals surface area contributed by atoms with E-state index in [0.29, 0.717) is 50.9 Å². The Hall–Kier alpha value is -1.87. The number of esters is 1. The van der Waals surface area contributed by atoms with E-state index in [1.165, 1.54) is 0 Å². The average molecular weight is 458 g/mol. The normalized spacial score (nSPS) is 19.2. The highest BCUT2D eigenvalue weighted by atomic mass is 16.7. The molecule has 9 heteroatoms. The first-order chi connectivity index (χ1) is 14.9. The van der Waals surface area contributed by atoms with E-state index in [9.17, 15) is 9.59 Å². The van der Waals surface area contributed by atoms with Gasteiger partial charge in [0.2, 0.25) is 0 Å². The molecule has 0 aromatic carbocycles. The number of rotatable bonds is 11. The quantitative estimate of drug-likeness (QED) is 0.160. The fourth-order valence-electron chi connectivity index (χ4n) is 4.25. The van der Waals surface area contributed by atoms with Gasteiger partial charge in [0.15, 0.2) is 5.79 Å². The van der Waals surface area contributed by atoms with Crippen LogP contribution in [0.25, 0.3) is 0 Å². The molecule has 3 N–H and O–H groups in total. The molecule has 1 aliphatic rings. The van der Waals surface area contributed by atoms with Gasteiger partial charge in [0.25, 0.3) is 0 Å². The lowest BCUT2D eigenvalue weighted by atomic mass is 9.70. The van der Waals surface area contributed by atoms with Crippen molar-refractivity contribution in [1.29, 1.82) is 0 Å². The SMILES string of the molecule is CCOC(=O)C(CCCCN=C(C)N)(NC(=O)OC(C)(C)C)C1CCC(OC)(OC)CC1. The molecule has 1 aliphatic carbocycles. The van der Waals surface area contributed by atoms with Gasteiger partial charge in [-0.1, -0.05) is 0 Å². The Morgan fingerprint density at radius 2 is 1.72 bits per heavy atom. The van der Waals surface area contributed by atoms with Crippen LogP contribution in [-0.4, -0.2) is 62.2 Å². The maximum atomic E-state index is 13.3. The molecule has 0 aromatic rings. The van der Waals surface area contributed by atoms with Crippen molar-refractivity contribution in [2.24, 2.45) is 16.6 Å². The van der Waals surface area contributed by atoms with Crippen LogP contribution in [0.15, 0.2) is 4.99 Å². The molecule has 0 saturated heterocycles. The van der Waals surface area contributed by atoms with Gasteiger partial charge in [-0.2, -0.15) is 0 Å². The Kier molecular flexibility index (Phi) is 10.9. The summed E-state index contributed by atoms with van der Waals surface area (Å²) in [5.41, 5.74) is 3.73. The van der Waals surface area contributed by atoms with Crippen molar-refractivity contribution in [2.45, 2.75) is 96.5 Å². The average Bonchev–Trinajstić information content (AvgIpc) is 2.71. The zero-order valence-corrected chi connectivity index (χ0v) is 20.9. The minimum Gasteiger partial charge on any atom is -0.464 e. The van der Waals surface area contributed by atoms with E-state index in [-0.39, 0.29) is 12.5 Å². The zero-order chi connectivity index (χ0) is 24.4. The van der Waals surface area contributed by atoms with Gasteiger partial charge in [-0.05, 0) is 72.6 Å². The second kappa shape index (κ2) is 12.4. The number of hydrogen-bond donors (Lipinski definition) is 2. The topological polar surface area (TPSA) is 121 Å². The van der Waals surface area contributed by atoms with E-state index in [4.69, 9.17) is 24.7 Å². The van der Waals surface area contributed by atoms with Crippen molar-refractivity contribution in [2.75, 3.05) is 27.4 Å². The second-order valence-corrected chi connectivity index (χ2v) is 9.39. The summed E-state index contributed by atoms with van der Waals surface area (Å²) in [6.07, 6.45) is 3.68. The zero-order valence-electron chi connectivity index (χ0n) is 20.9. The van der Waals surface area contributed by atoms with Crippen LogP contribution in [0, 0.1) is 5.92 Å². The summed E-state index contributed by atoms with van der Waals surface area (Å²) in [4.78, 5) is 30.4. The third-order valence-corrected chi connectivity index (χ3v) is 5.89. The third kappa shape index (κ3) is 8.24. The van der Waals surface area contributed by atoms with Gasteiger partial charge in [-0.3, -0.25) is 4.99 Å². The number of hydrogen-bond acceptors (Lipinski definition) is 7. The summed E-state index contributed by atoms with van der Waals surface area (Å²) in [7, 11) is 3.25. The van der Waals surface area contributed by atoms with Crippen LogP contribution in [0.4, 0.5) is 4.79 Å². The molecule has 32 heavy (non-hydrogen) atoms. The molecule has 0 radical (unpaired) electrons. The predicted octanol–water partition coefficient (Wildman–Crippen LogP) is 3.54. The first kappa shape index (κ1) is 28.2. The number of methoxy groups -OCH3 is 2. The van der Waals surface area contributed by atoms with Gasteiger partial charge >= 0.3 is 12.1 Å². The number of amidine groups is 1. The Morgan fingerprint density at radius 3 is 2.19 bits per heavy atom. The van der Waals surface area contributed by atoms with Crippen molar-refractivity contribution in [3.05, 3.63) is 0 Å². The van der Waals surface area contributed by atoms with Crippen molar-refractivity contribution in [3.63, 3.8) is 0 Å².